The fraction of sp³-hybridized carbons (Fsp3) is 0.588. The summed E-state index contributed by atoms with van der Waals surface area (Å²) in [7, 11) is 0. The summed E-state index contributed by atoms with van der Waals surface area (Å²) < 4.78 is 0. The monoisotopic (exact) mass is 322 g/mol. The molecule has 1 aromatic carbocycles. The first-order valence-electron chi connectivity index (χ1n) is 8.00. The zero-order chi connectivity index (χ0) is 16.2. The molecule has 0 heterocycles. The van der Waals surface area contributed by atoms with E-state index in [-0.39, 0.29) is 0 Å². The maximum Gasteiger partial charge on any atom is 0.191 e. The summed E-state index contributed by atoms with van der Waals surface area (Å²) in [5, 5.41) is 10.2. The number of guanidine groups is 1. The molecule has 0 aliphatic rings. The minimum Gasteiger partial charge on any atom is -0.380 e. The molecule has 0 aliphatic heterocycles. The van der Waals surface area contributed by atoms with Crippen LogP contribution < -0.4 is 16.0 Å². The zero-order valence-corrected chi connectivity index (χ0v) is 15.0. The van der Waals surface area contributed by atoms with Crippen LogP contribution in [0, 0.1) is 5.92 Å². The number of para-hydroxylation sites is 1. The van der Waals surface area contributed by atoms with E-state index >= 15 is 0 Å². The molecule has 0 fully saturated rings. The Hall–Kier alpha value is -1.36. The Balaban J connectivity index is 2.61. The van der Waals surface area contributed by atoms with Gasteiger partial charge in [-0.25, -0.2) is 0 Å². The number of hydrogen-bond acceptors (Lipinski definition) is 3. The molecule has 0 bridgehead atoms. The second kappa shape index (κ2) is 11.2. The van der Waals surface area contributed by atoms with Crippen LogP contribution in [0.2, 0.25) is 0 Å². The summed E-state index contributed by atoms with van der Waals surface area (Å²) in [6.45, 7) is 9.11. The van der Waals surface area contributed by atoms with Crippen molar-refractivity contribution in [3.05, 3.63) is 30.3 Å². The van der Waals surface area contributed by atoms with Crippen molar-refractivity contribution in [2.24, 2.45) is 10.9 Å². The van der Waals surface area contributed by atoms with Crippen LogP contribution in [0.15, 0.2) is 35.3 Å². The third-order valence-corrected chi connectivity index (χ3v) is 3.93. The van der Waals surface area contributed by atoms with Crippen molar-refractivity contribution in [2.75, 3.05) is 37.0 Å². The fourth-order valence-electron chi connectivity index (χ4n) is 1.97. The Kier molecular flexibility index (Phi) is 9.55. The molecular weight excluding hydrogens is 292 g/mol. The van der Waals surface area contributed by atoms with Crippen LogP contribution in [-0.4, -0.2) is 43.6 Å². The van der Waals surface area contributed by atoms with Gasteiger partial charge in [0.1, 0.15) is 0 Å². The highest BCUT2D eigenvalue weighted by molar-refractivity contribution is 7.98. The van der Waals surface area contributed by atoms with Gasteiger partial charge >= 0.3 is 0 Å². The standard InChI is InChI=1S/C17H30N4S/c1-5-18-17(19-11-12-22-4)20-13-16(14(2)3)21-15-9-7-6-8-10-15/h6-10,14,16,21H,5,11-13H2,1-4H3,(H2,18,19,20). The molecular formula is C17H30N4S. The Morgan fingerprint density at radius 2 is 1.91 bits per heavy atom. The quantitative estimate of drug-likeness (QED) is 0.371. The Morgan fingerprint density at radius 1 is 1.18 bits per heavy atom. The highest BCUT2D eigenvalue weighted by Gasteiger charge is 2.13. The second-order valence-corrected chi connectivity index (χ2v) is 6.49. The van der Waals surface area contributed by atoms with E-state index < -0.39 is 0 Å². The topological polar surface area (TPSA) is 48.5 Å². The SMILES string of the molecule is CCNC(=NCC(Nc1ccccc1)C(C)C)NCCSC. The normalized spacial score (nSPS) is 13.0. The van der Waals surface area contributed by atoms with Crippen LogP contribution in [0.5, 0.6) is 0 Å². The van der Waals surface area contributed by atoms with Crippen LogP contribution in [0.25, 0.3) is 0 Å². The molecule has 22 heavy (non-hydrogen) atoms. The molecule has 0 saturated heterocycles. The minimum absolute atomic E-state index is 0.318. The van der Waals surface area contributed by atoms with Gasteiger partial charge in [0, 0.05) is 30.6 Å². The van der Waals surface area contributed by atoms with Gasteiger partial charge < -0.3 is 16.0 Å². The lowest BCUT2D eigenvalue weighted by Crippen LogP contribution is -2.40. The number of hydrogen-bond donors (Lipinski definition) is 3. The summed E-state index contributed by atoms with van der Waals surface area (Å²) in [5.74, 6) is 2.50. The molecule has 0 aliphatic carbocycles. The molecule has 1 unspecified atom stereocenters. The number of rotatable bonds is 9. The van der Waals surface area contributed by atoms with Crippen LogP contribution in [-0.2, 0) is 0 Å². The summed E-state index contributed by atoms with van der Waals surface area (Å²) >= 11 is 1.84. The zero-order valence-electron chi connectivity index (χ0n) is 14.2. The maximum atomic E-state index is 4.73. The van der Waals surface area contributed by atoms with E-state index in [4.69, 9.17) is 4.99 Å². The van der Waals surface area contributed by atoms with Crippen molar-refractivity contribution in [2.45, 2.75) is 26.8 Å². The lowest BCUT2D eigenvalue weighted by Gasteiger charge is -2.22. The first-order chi connectivity index (χ1) is 10.7. The molecule has 124 valence electrons. The number of thioether (sulfide) groups is 1. The second-order valence-electron chi connectivity index (χ2n) is 5.50. The van der Waals surface area contributed by atoms with Gasteiger partial charge in [0.05, 0.1) is 6.54 Å². The van der Waals surface area contributed by atoms with Crippen molar-refractivity contribution in [1.29, 1.82) is 0 Å². The number of benzene rings is 1. The molecule has 1 atom stereocenters. The third kappa shape index (κ3) is 7.59. The minimum atomic E-state index is 0.318. The van der Waals surface area contributed by atoms with Crippen LogP contribution >= 0.6 is 11.8 Å². The molecule has 0 spiro atoms. The van der Waals surface area contributed by atoms with E-state index in [0.717, 1.165) is 37.0 Å². The molecule has 0 amide bonds. The number of aliphatic imine (C=N–C) groups is 1. The Morgan fingerprint density at radius 3 is 2.50 bits per heavy atom. The summed E-state index contributed by atoms with van der Waals surface area (Å²) in [6, 6.07) is 10.7. The number of nitrogens with zero attached hydrogens (tertiary/aromatic N) is 1. The van der Waals surface area contributed by atoms with Gasteiger partial charge in [0.15, 0.2) is 5.96 Å². The van der Waals surface area contributed by atoms with Crippen LogP contribution in [0.3, 0.4) is 0 Å². The van der Waals surface area contributed by atoms with E-state index in [2.05, 4.69) is 67.2 Å². The van der Waals surface area contributed by atoms with Gasteiger partial charge in [-0.3, -0.25) is 4.99 Å². The van der Waals surface area contributed by atoms with Gasteiger partial charge in [0.25, 0.3) is 0 Å². The van der Waals surface area contributed by atoms with E-state index in [9.17, 15) is 0 Å². The molecule has 0 aromatic heterocycles. The van der Waals surface area contributed by atoms with Crippen molar-refractivity contribution < 1.29 is 0 Å². The predicted molar refractivity (Wildman–Crippen MR) is 101 cm³/mol. The van der Waals surface area contributed by atoms with E-state index in [1.54, 1.807) is 0 Å². The van der Waals surface area contributed by atoms with Gasteiger partial charge in [-0.2, -0.15) is 11.8 Å². The van der Waals surface area contributed by atoms with Gasteiger partial charge in [-0.15, -0.1) is 0 Å². The molecule has 0 radical (unpaired) electrons. The number of anilines is 1. The summed E-state index contributed by atoms with van der Waals surface area (Å²) in [4.78, 5) is 4.73. The molecule has 3 N–H and O–H groups in total. The lowest BCUT2D eigenvalue weighted by atomic mass is 10.0. The Labute approximate surface area is 139 Å². The van der Waals surface area contributed by atoms with Crippen molar-refractivity contribution >= 4 is 23.4 Å². The van der Waals surface area contributed by atoms with Crippen molar-refractivity contribution in [1.82, 2.24) is 10.6 Å². The average molecular weight is 323 g/mol. The molecule has 4 nitrogen and oxygen atoms in total. The van der Waals surface area contributed by atoms with Gasteiger partial charge in [-0.1, -0.05) is 32.0 Å². The van der Waals surface area contributed by atoms with Crippen LogP contribution in [0.4, 0.5) is 5.69 Å². The highest BCUT2D eigenvalue weighted by Crippen LogP contribution is 2.12. The smallest absolute Gasteiger partial charge is 0.191 e. The van der Waals surface area contributed by atoms with E-state index in [0.29, 0.717) is 12.0 Å². The van der Waals surface area contributed by atoms with Gasteiger partial charge in [0.2, 0.25) is 0 Å². The fourth-order valence-corrected chi connectivity index (χ4v) is 2.28. The average Bonchev–Trinajstić information content (AvgIpc) is 2.52. The first kappa shape index (κ1) is 18.7. The van der Waals surface area contributed by atoms with Crippen molar-refractivity contribution in [3.63, 3.8) is 0 Å². The summed E-state index contributed by atoms with van der Waals surface area (Å²) in [5.41, 5.74) is 1.15. The molecule has 5 heteroatoms. The third-order valence-electron chi connectivity index (χ3n) is 3.32. The maximum absolute atomic E-state index is 4.73. The largest absolute Gasteiger partial charge is 0.380 e. The predicted octanol–water partition coefficient (Wildman–Crippen LogP) is 3.04. The Bertz CT molecular complexity index is 420. The first-order valence-corrected chi connectivity index (χ1v) is 9.39. The van der Waals surface area contributed by atoms with Crippen molar-refractivity contribution in [3.8, 4) is 0 Å². The van der Waals surface area contributed by atoms with E-state index in [1.165, 1.54) is 0 Å². The highest BCUT2D eigenvalue weighted by atomic mass is 32.2. The van der Waals surface area contributed by atoms with E-state index in [1.807, 2.05) is 17.8 Å². The molecule has 1 rings (SSSR count). The van der Waals surface area contributed by atoms with Crippen LogP contribution in [0.1, 0.15) is 20.8 Å². The lowest BCUT2D eigenvalue weighted by molar-refractivity contribution is 0.531. The number of nitrogens with one attached hydrogen (secondary N) is 3. The van der Waals surface area contributed by atoms with Gasteiger partial charge in [-0.05, 0) is 31.2 Å². The summed E-state index contributed by atoms with van der Waals surface area (Å²) in [6.07, 6.45) is 2.12. The molecule has 0 saturated carbocycles. The molecule has 1 aromatic rings.